The minimum Gasteiger partial charge on any atom is -0.383 e. The van der Waals surface area contributed by atoms with Crippen molar-refractivity contribution < 1.29 is 17.9 Å². The largest absolute Gasteiger partial charge is 0.383 e. The highest BCUT2D eigenvalue weighted by Crippen LogP contribution is 2.15. The van der Waals surface area contributed by atoms with Gasteiger partial charge in [0, 0.05) is 78.3 Å². The molecule has 0 N–H and O–H groups in total. The molecule has 1 amide bonds. The van der Waals surface area contributed by atoms with Gasteiger partial charge in [-0.3, -0.25) is 9.59 Å². The van der Waals surface area contributed by atoms with Crippen molar-refractivity contribution >= 4 is 16.1 Å². The number of aromatic nitrogens is 1. The van der Waals surface area contributed by atoms with Crippen LogP contribution >= 0.6 is 0 Å². The molecule has 2 saturated heterocycles. The summed E-state index contributed by atoms with van der Waals surface area (Å²) in [6.45, 7) is 4.34. The molecule has 0 saturated carbocycles. The monoisotopic (exact) mass is 427 g/mol. The molecule has 3 rings (SSSR count). The van der Waals surface area contributed by atoms with Crippen LogP contribution in [0, 0.1) is 0 Å². The lowest BCUT2D eigenvalue weighted by atomic mass is 10.2. The number of nitrogens with zero attached hydrogens (tertiary/aromatic N) is 5. The van der Waals surface area contributed by atoms with E-state index in [0.717, 1.165) is 13.1 Å². The zero-order valence-electron chi connectivity index (χ0n) is 17.0. The van der Waals surface area contributed by atoms with Gasteiger partial charge in [0.1, 0.15) is 0 Å². The maximum atomic E-state index is 12.9. The lowest BCUT2D eigenvalue weighted by Gasteiger charge is -2.39. The molecule has 2 aliphatic rings. The summed E-state index contributed by atoms with van der Waals surface area (Å²) in [6, 6.07) is 2.89. The van der Waals surface area contributed by atoms with Crippen LogP contribution in [-0.2, 0) is 21.5 Å². The molecule has 0 bridgehead atoms. The van der Waals surface area contributed by atoms with Crippen LogP contribution in [0.5, 0.6) is 0 Å². The van der Waals surface area contributed by atoms with E-state index >= 15 is 0 Å². The quantitative estimate of drug-likeness (QED) is 0.563. The third-order valence-corrected chi connectivity index (χ3v) is 7.44. The standard InChI is InChI=1S/C18H29N5O5S/c1-19-5-9-22(10-6-19)29(26,27)23-11-7-20(8-12-23)18(25)16-3-4-17(24)21(15-16)13-14-28-2/h3-4,15H,5-14H2,1-2H3. The number of hydrogen-bond donors (Lipinski definition) is 0. The molecule has 2 fully saturated rings. The van der Waals surface area contributed by atoms with Gasteiger partial charge in [0.2, 0.25) is 0 Å². The van der Waals surface area contributed by atoms with Crippen LogP contribution < -0.4 is 5.56 Å². The molecule has 2 aliphatic heterocycles. The molecule has 0 spiro atoms. The van der Waals surface area contributed by atoms with Crippen LogP contribution in [-0.4, -0.2) is 110 Å². The molecule has 29 heavy (non-hydrogen) atoms. The van der Waals surface area contributed by atoms with Crippen molar-refractivity contribution in [2.24, 2.45) is 0 Å². The molecule has 0 unspecified atom stereocenters. The summed E-state index contributed by atoms with van der Waals surface area (Å²) in [5.41, 5.74) is 0.220. The molecule has 10 nitrogen and oxygen atoms in total. The van der Waals surface area contributed by atoms with Gasteiger partial charge in [0.05, 0.1) is 12.2 Å². The smallest absolute Gasteiger partial charge is 0.282 e. The number of pyridine rings is 1. The fraction of sp³-hybridized carbons (Fsp3) is 0.667. The Labute approximate surface area is 171 Å². The van der Waals surface area contributed by atoms with E-state index in [0.29, 0.717) is 44.9 Å². The van der Waals surface area contributed by atoms with Crippen molar-refractivity contribution in [3.05, 3.63) is 34.2 Å². The van der Waals surface area contributed by atoms with Gasteiger partial charge in [0.25, 0.3) is 21.7 Å². The van der Waals surface area contributed by atoms with Crippen LogP contribution in [0.25, 0.3) is 0 Å². The Morgan fingerprint density at radius 2 is 1.59 bits per heavy atom. The van der Waals surface area contributed by atoms with Gasteiger partial charge in [-0.1, -0.05) is 0 Å². The van der Waals surface area contributed by atoms with Crippen molar-refractivity contribution in [3.63, 3.8) is 0 Å². The Hall–Kier alpha value is -1.79. The summed E-state index contributed by atoms with van der Waals surface area (Å²) in [5, 5.41) is 0. The van der Waals surface area contributed by atoms with Crippen molar-refractivity contribution in [3.8, 4) is 0 Å². The molecule has 1 aromatic heterocycles. The van der Waals surface area contributed by atoms with Crippen LogP contribution in [0.3, 0.4) is 0 Å². The van der Waals surface area contributed by atoms with E-state index in [4.69, 9.17) is 4.74 Å². The third kappa shape index (κ3) is 5.04. The van der Waals surface area contributed by atoms with E-state index in [1.54, 1.807) is 12.0 Å². The number of piperazine rings is 2. The predicted octanol–water partition coefficient (Wildman–Crippen LogP) is -1.26. The first-order valence-electron chi connectivity index (χ1n) is 9.75. The average Bonchev–Trinajstić information content (AvgIpc) is 2.73. The van der Waals surface area contributed by atoms with Gasteiger partial charge in [0.15, 0.2) is 0 Å². The highest BCUT2D eigenvalue weighted by atomic mass is 32.2. The first-order valence-corrected chi connectivity index (χ1v) is 11.1. The second kappa shape index (κ2) is 9.35. The molecule has 0 atom stereocenters. The maximum Gasteiger partial charge on any atom is 0.282 e. The highest BCUT2D eigenvalue weighted by Gasteiger charge is 2.34. The Morgan fingerprint density at radius 3 is 2.17 bits per heavy atom. The molecule has 1 aromatic rings. The fourth-order valence-electron chi connectivity index (χ4n) is 3.51. The predicted molar refractivity (Wildman–Crippen MR) is 108 cm³/mol. The zero-order valence-corrected chi connectivity index (χ0v) is 17.8. The number of methoxy groups -OCH3 is 1. The fourth-order valence-corrected chi connectivity index (χ4v) is 5.08. The molecule has 11 heteroatoms. The Kier molecular flexibility index (Phi) is 7.06. The molecule has 162 valence electrons. The number of rotatable bonds is 6. The molecule has 0 radical (unpaired) electrons. The first kappa shape index (κ1) is 21.9. The first-order chi connectivity index (χ1) is 13.8. The summed E-state index contributed by atoms with van der Waals surface area (Å²) in [6.07, 6.45) is 1.54. The molecule has 3 heterocycles. The number of carbonyl (C=O) groups excluding carboxylic acids is 1. The molecular weight excluding hydrogens is 398 g/mol. The van der Waals surface area contributed by atoms with Crippen LogP contribution in [0.4, 0.5) is 0 Å². The lowest BCUT2D eigenvalue weighted by molar-refractivity contribution is 0.0691. The number of ether oxygens (including phenoxy) is 1. The van der Waals surface area contributed by atoms with E-state index in [1.165, 1.54) is 31.5 Å². The lowest BCUT2D eigenvalue weighted by Crippen LogP contribution is -2.57. The van der Waals surface area contributed by atoms with Crippen molar-refractivity contribution in [2.45, 2.75) is 6.54 Å². The highest BCUT2D eigenvalue weighted by molar-refractivity contribution is 7.86. The molecule has 0 aromatic carbocycles. The SMILES string of the molecule is COCCn1cc(C(=O)N2CCN(S(=O)(=O)N3CCN(C)CC3)CC2)ccc1=O. The number of carbonyl (C=O) groups is 1. The number of hydrogen-bond acceptors (Lipinski definition) is 6. The van der Waals surface area contributed by atoms with E-state index in [2.05, 4.69) is 4.90 Å². The summed E-state index contributed by atoms with van der Waals surface area (Å²) < 4.78 is 35.1. The van der Waals surface area contributed by atoms with E-state index in [9.17, 15) is 18.0 Å². The normalized spacial score (nSPS) is 20.1. The minimum atomic E-state index is -3.50. The number of likely N-dealkylation sites (N-methyl/N-ethyl adjacent to an activating group) is 1. The van der Waals surface area contributed by atoms with Gasteiger partial charge in [-0.15, -0.1) is 0 Å². The second-order valence-corrected chi connectivity index (χ2v) is 9.27. The number of amides is 1. The van der Waals surface area contributed by atoms with Gasteiger partial charge < -0.3 is 19.1 Å². The van der Waals surface area contributed by atoms with E-state index in [-0.39, 0.29) is 24.6 Å². The van der Waals surface area contributed by atoms with Crippen LogP contribution in [0.1, 0.15) is 10.4 Å². The Balaban J connectivity index is 1.62. The maximum absolute atomic E-state index is 12.9. The van der Waals surface area contributed by atoms with Crippen molar-refractivity contribution in [1.82, 2.24) is 23.0 Å². The van der Waals surface area contributed by atoms with Crippen molar-refractivity contribution in [2.75, 3.05) is 73.1 Å². The van der Waals surface area contributed by atoms with Gasteiger partial charge in [-0.25, -0.2) is 0 Å². The van der Waals surface area contributed by atoms with E-state index < -0.39 is 10.2 Å². The summed E-state index contributed by atoms with van der Waals surface area (Å²) >= 11 is 0. The summed E-state index contributed by atoms with van der Waals surface area (Å²) in [5.74, 6) is -0.201. The zero-order chi connectivity index (χ0) is 21.0. The molecular formula is C18H29N5O5S. The topological polar surface area (TPSA) is 95.4 Å². The third-order valence-electron chi connectivity index (χ3n) is 5.41. The van der Waals surface area contributed by atoms with Crippen molar-refractivity contribution in [1.29, 1.82) is 0 Å². The van der Waals surface area contributed by atoms with E-state index in [1.807, 2.05) is 7.05 Å². The summed E-state index contributed by atoms with van der Waals surface area (Å²) in [7, 11) is 0.0280. The van der Waals surface area contributed by atoms with Crippen LogP contribution in [0.15, 0.2) is 23.1 Å². The van der Waals surface area contributed by atoms with Crippen LogP contribution in [0.2, 0.25) is 0 Å². The van der Waals surface area contributed by atoms with Gasteiger partial charge >= 0.3 is 0 Å². The summed E-state index contributed by atoms with van der Waals surface area (Å²) in [4.78, 5) is 28.5. The average molecular weight is 428 g/mol. The van der Waals surface area contributed by atoms with Gasteiger partial charge in [-0.2, -0.15) is 17.0 Å². The molecule has 0 aliphatic carbocycles. The second-order valence-electron chi connectivity index (χ2n) is 7.34. The van der Waals surface area contributed by atoms with Gasteiger partial charge in [-0.05, 0) is 13.1 Å². The minimum absolute atomic E-state index is 0.193. The Morgan fingerprint density at radius 1 is 1.00 bits per heavy atom. The Bertz CT molecular complexity index is 871.